The number of carbonyl (C=O) groups is 1. The Balaban J connectivity index is 1.34. The fraction of sp³-hybridized carbons (Fsp3) is 0.320. The fourth-order valence-electron chi connectivity index (χ4n) is 3.89. The average Bonchev–Trinajstić information content (AvgIpc) is 2.91. The Bertz CT molecular complexity index is 1200. The Labute approximate surface area is 206 Å². The van der Waals surface area contributed by atoms with Crippen molar-refractivity contribution in [2.75, 3.05) is 51.9 Å². The van der Waals surface area contributed by atoms with Gasteiger partial charge < -0.3 is 24.0 Å². The highest BCUT2D eigenvalue weighted by molar-refractivity contribution is 5.78. The van der Waals surface area contributed by atoms with E-state index in [0.717, 1.165) is 11.6 Å². The molecule has 8 nitrogen and oxygen atoms in total. The maximum atomic E-state index is 13.1. The number of hydrogen-bond acceptors (Lipinski definition) is 7. The molecule has 0 unspecified atom stereocenters. The van der Waals surface area contributed by atoms with Crippen molar-refractivity contribution in [3.63, 3.8) is 0 Å². The van der Waals surface area contributed by atoms with Crippen LogP contribution >= 0.6 is 0 Å². The third kappa shape index (κ3) is 5.61. The summed E-state index contributed by atoms with van der Waals surface area (Å²) < 4.78 is 55.3. The van der Waals surface area contributed by atoms with Crippen molar-refractivity contribution in [1.82, 2.24) is 15.1 Å². The van der Waals surface area contributed by atoms with Gasteiger partial charge in [0.2, 0.25) is 0 Å². The van der Waals surface area contributed by atoms with Crippen molar-refractivity contribution >= 4 is 11.7 Å². The summed E-state index contributed by atoms with van der Waals surface area (Å²) in [5.41, 5.74) is 0.467. The van der Waals surface area contributed by atoms with Crippen molar-refractivity contribution in [3.8, 4) is 28.5 Å². The molecule has 2 aromatic carbocycles. The van der Waals surface area contributed by atoms with Gasteiger partial charge >= 0.3 is 6.18 Å². The molecule has 36 heavy (non-hydrogen) atoms. The summed E-state index contributed by atoms with van der Waals surface area (Å²) in [4.78, 5) is 16.1. The van der Waals surface area contributed by atoms with E-state index in [0.29, 0.717) is 49.2 Å². The van der Waals surface area contributed by atoms with Crippen LogP contribution in [0.3, 0.4) is 0 Å². The van der Waals surface area contributed by atoms with Crippen molar-refractivity contribution in [2.24, 2.45) is 0 Å². The molecule has 3 aromatic rings. The first kappa shape index (κ1) is 25.1. The van der Waals surface area contributed by atoms with Gasteiger partial charge in [-0.2, -0.15) is 13.2 Å². The number of aromatic nitrogens is 2. The first-order valence-electron chi connectivity index (χ1n) is 11.2. The molecule has 2 heterocycles. The van der Waals surface area contributed by atoms with Crippen molar-refractivity contribution < 1.29 is 32.2 Å². The number of rotatable bonds is 7. The van der Waals surface area contributed by atoms with Crippen LogP contribution < -0.4 is 19.1 Å². The second kappa shape index (κ2) is 10.7. The lowest BCUT2D eigenvalue weighted by molar-refractivity contribution is -0.141. The average molecular weight is 502 g/mol. The zero-order valence-corrected chi connectivity index (χ0v) is 19.8. The van der Waals surface area contributed by atoms with E-state index in [4.69, 9.17) is 14.2 Å². The number of benzene rings is 2. The Kier molecular flexibility index (Phi) is 7.47. The topological polar surface area (TPSA) is 77.0 Å². The summed E-state index contributed by atoms with van der Waals surface area (Å²) in [6.45, 7) is 1.30. The largest absolute Gasteiger partial charge is 0.497 e. The van der Waals surface area contributed by atoms with Crippen LogP contribution in [0.4, 0.5) is 19.0 Å². The number of amides is 1. The van der Waals surface area contributed by atoms with Crippen LogP contribution in [0.2, 0.25) is 0 Å². The lowest BCUT2D eigenvalue weighted by atomic mass is 10.1. The van der Waals surface area contributed by atoms with Gasteiger partial charge in [-0.1, -0.05) is 12.1 Å². The van der Waals surface area contributed by atoms with Crippen molar-refractivity contribution in [2.45, 2.75) is 6.18 Å². The quantitative estimate of drug-likeness (QED) is 0.485. The molecule has 0 saturated carbocycles. The number of anilines is 1. The Morgan fingerprint density at radius 1 is 0.917 bits per heavy atom. The normalized spacial score (nSPS) is 13.9. The number of nitrogens with zero attached hydrogens (tertiary/aromatic N) is 4. The summed E-state index contributed by atoms with van der Waals surface area (Å²) >= 11 is 0. The SMILES string of the molecule is COc1ccc(OC)c(-c2ccc(N3CCN(C(=O)COc4ccccc4C(F)(F)F)CC3)nn2)c1. The first-order chi connectivity index (χ1) is 17.3. The highest BCUT2D eigenvalue weighted by atomic mass is 19.4. The number of hydrogen-bond donors (Lipinski definition) is 0. The molecule has 1 fully saturated rings. The zero-order chi connectivity index (χ0) is 25.7. The number of ether oxygens (including phenoxy) is 3. The first-order valence-corrected chi connectivity index (χ1v) is 11.2. The van der Waals surface area contributed by atoms with Gasteiger partial charge in [-0.15, -0.1) is 10.2 Å². The lowest BCUT2D eigenvalue weighted by Crippen LogP contribution is -2.50. The second-order valence-corrected chi connectivity index (χ2v) is 7.99. The minimum atomic E-state index is -4.56. The minimum absolute atomic E-state index is 0.361. The second-order valence-electron chi connectivity index (χ2n) is 7.99. The van der Waals surface area contributed by atoms with Crippen LogP contribution in [0.5, 0.6) is 17.2 Å². The summed E-state index contributed by atoms with van der Waals surface area (Å²) in [6, 6.07) is 13.9. The zero-order valence-electron chi connectivity index (χ0n) is 19.8. The third-order valence-corrected chi connectivity index (χ3v) is 5.83. The molecule has 4 rings (SSSR count). The third-order valence-electron chi connectivity index (χ3n) is 5.83. The maximum absolute atomic E-state index is 13.1. The summed E-state index contributed by atoms with van der Waals surface area (Å²) in [5, 5.41) is 8.67. The van der Waals surface area contributed by atoms with E-state index in [1.807, 2.05) is 23.1 Å². The van der Waals surface area contributed by atoms with Crippen molar-refractivity contribution in [3.05, 3.63) is 60.2 Å². The van der Waals surface area contributed by atoms with Gasteiger partial charge in [0, 0.05) is 31.7 Å². The molecule has 0 bridgehead atoms. The van der Waals surface area contributed by atoms with Gasteiger partial charge in [0.25, 0.3) is 5.91 Å². The van der Waals surface area contributed by atoms with Gasteiger partial charge in [-0.05, 0) is 42.5 Å². The van der Waals surface area contributed by atoms with Gasteiger partial charge in [0.05, 0.1) is 25.5 Å². The maximum Gasteiger partial charge on any atom is 0.419 e. The van der Waals surface area contributed by atoms with E-state index >= 15 is 0 Å². The van der Waals surface area contributed by atoms with Crippen LogP contribution in [0.25, 0.3) is 11.3 Å². The van der Waals surface area contributed by atoms with Crippen molar-refractivity contribution in [1.29, 1.82) is 0 Å². The monoisotopic (exact) mass is 502 g/mol. The van der Waals surface area contributed by atoms with E-state index in [1.165, 1.54) is 18.2 Å². The predicted molar refractivity (Wildman–Crippen MR) is 126 cm³/mol. The van der Waals surface area contributed by atoms with Crippen LogP contribution in [0.1, 0.15) is 5.56 Å². The fourth-order valence-corrected chi connectivity index (χ4v) is 3.89. The molecular weight excluding hydrogens is 477 g/mol. The number of para-hydroxylation sites is 1. The van der Waals surface area contributed by atoms with Crippen LogP contribution in [0, 0.1) is 0 Å². The van der Waals surface area contributed by atoms with Crippen LogP contribution in [0.15, 0.2) is 54.6 Å². The van der Waals surface area contributed by atoms with Gasteiger partial charge in [-0.3, -0.25) is 4.79 Å². The number of halogens is 3. The number of carbonyl (C=O) groups excluding carboxylic acids is 1. The smallest absolute Gasteiger partial charge is 0.419 e. The van der Waals surface area contributed by atoms with E-state index < -0.39 is 18.3 Å². The summed E-state index contributed by atoms with van der Waals surface area (Å²) in [6.07, 6.45) is -4.56. The Morgan fingerprint density at radius 2 is 1.67 bits per heavy atom. The molecule has 0 aliphatic carbocycles. The number of alkyl halides is 3. The molecule has 0 radical (unpaired) electrons. The van der Waals surface area contributed by atoms with E-state index in [2.05, 4.69) is 10.2 Å². The highest BCUT2D eigenvalue weighted by Crippen LogP contribution is 2.36. The van der Waals surface area contributed by atoms with Gasteiger partial charge in [0.1, 0.15) is 17.2 Å². The molecule has 190 valence electrons. The molecule has 1 aromatic heterocycles. The predicted octanol–water partition coefficient (Wildman–Crippen LogP) is 3.91. The molecule has 1 aliphatic rings. The molecule has 1 saturated heterocycles. The molecule has 1 aliphatic heterocycles. The van der Waals surface area contributed by atoms with Crippen LogP contribution in [-0.4, -0.2) is 68.0 Å². The molecule has 0 spiro atoms. The van der Waals surface area contributed by atoms with Crippen LogP contribution in [-0.2, 0) is 11.0 Å². The van der Waals surface area contributed by atoms with E-state index in [1.54, 1.807) is 31.3 Å². The van der Waals surface area contributed by atoms with E-state index in [9.17, 15) is 18.0 Å². The molecular formula is C25H25F3N4O4. The summed E-state index contributed by atoms with van der Waals surface area (Å²) in [7, 11) is 3.16. The molecule has 11 heteroatoms. The highest BCUT2D eigenvalue weighted by Gasteiger charge is 2.34. The standard InChI is InChI=1S/C25H25F3N4O4/c1-34-17-7-9-21(35-2)18(15-17)20-8-10-23(30-29-20)31-11-13-32(14-12-31)24(33)16-36-22-6-4-3-5-19(22)25(26,27)28/h3-10,15H,11-14,16H2,1-2H3. The van der Waals surface area contributed by atoms with Gasteiger partial charge in [0.15, 0.2) is 12.4 Å². The molecule has 0 N–H and O–H groups in total. The van der Waals surface area contributed by atoms with Gasteiger partial charge in [-0.25, -0.2) is 0 Å². The minimum Gasteiger partial charge on any atom is -0.497 e. The number of piperazine rings is 1. The lowest BCUT2D eigenvalue weighted by Gasteiger charge is -2.35. The molecule has 0 atom stereocenters. The van der Waals surface area contributed by atoms with E-state index in [-0.39, 0.29) is 11.7 Å². The Morgan fingerprint density at radius 3 is 2.31 bits per heavy atom. The summed E-state index contributed by atoms with van der Waals surface area (Å²) in [5.74, 6) is 1.23. The number of methoxy groups -OCH3 is 2. The Hall–Kier alpha value is -4.02. The molecule has 1 amide bonds.